The van der Waals surface area contributed by atoms with Gasteiger partial charge < -0.3 is 9.80 Å². The van der Waals surface area contributed by atoms with Crippen LogP contribution in [0.25, 0.3) is 0 Å². The Morgan fingerprint density at radius 3 is 2.15 bits per heavy atom. The summed E-state index contributed by atoms with van der Waals surface area (Å²) in [6.07, 6.45) is 2.60. The predicted octanol–water partition coefficient (Wildman–Crippen LogP) is 1.91. The fraction of sp³-hybridized carbons (Fsp3) is 0.700. The first-order valence-corrected chi connectivity index (χ1v) is 11.6. The van der Waals surface area contributed by atoms with Crippen molar-refractivity contribution >= 4 is 10.0 Å². The molecule has 5 nitrogen and oxygen atoms in total. The fourth-order valence-electron chi connectivity index (χ4n) is 4.04. The summed E-state index contributed by atoms with van der Waals surface area (Å²) in [4.78, 5) is 5.06. The second-order valence-electron chi connectivity index (χ2n) is 7.63. The Bertz CT molecular complexity index is 634. The molecule has 0 N–H and O–H groups in total. The molecule has 0 saturated carbocycles. The maximum Gasteiger partial charge on any atom is 0.214 e. The molecule has 146 valence electrons. The molecule has 0 atom stereocenters. The summed E-state index contributed by atoms with van der Waals surface area (Å²) in [5.74, 6) is 0.865. The van der Waals surface area contributed by atoms with Gasteiger partial charge in [-0.25, -0.2) is 12.7 Å². The van der Waals surface area contributed by atoms with Gasteiger partial charge in [0.05, 0.1) is 5.75 Å². The fourth-order valence-corrected chi connectivity index (χ4v) is 5.56. The lowest BCUT2D eigenvalue weighted by molar-refractivity contribution is 0.109. The van der Waals surface area contributed by atoms with Crippen LogP contribution in [0.3, 0.4) is 0 Å². The molecule has 0 aliphatic carbocycles. The minimum Gasteiger partial charge on any atom is -0.301 e. The zero-order chi connectivity index (χ0) is 18.4. The van der Waals surface area contributed by atoms with E-state index in [0.717, 1.165) is 44.6 Å². The number of hydrogen-bond donors (Lipinski definition) is 0. The minimum absolute atomic E-state index is 0.223. The number of sulfonamides is 1. The molecular weight excluding hydrogens is 346 g/mol. The van der Waals surface area contributed by atoms with E-state index in [2.05, 4.69) is 16.7 Å². The molecule has 2 saturated heterocycles. The van der Waals surface area contributed by atoms with Crippen molar-refractivity contribution in [3.05, 3.63) is 35.9 Å². The quantitative estimate of drug-likeness (QED) is 0.726. The Kier molecular flexibility index (Phi) is 7.09. The standard InChI is InChI=1S/C20H33N3O2S/c1-2-21-13-15-22(16-14-21)18-20-8-11-23(12-9-20)26(24,25)17-10-19-6-4-3-5-7-19/h3-7,20H,2,8-18H2,1H3. The molecule has 2 aliphatic heterocycles. The Morgan fingerprint density at radius 1 is 0.923 bits per heavy atom. The van der Waals surface area contributed by atoms with Crippen molar-refractivity contribution in [1.82, 2.24) is 14.1 Å². The van der Waals surface area contributed by atoms with Crippen LogP contribution in [0.15, 0.2) is 30.3 Å². The van der Waals surface area contributed by atoms with Crippen LogP contribution in [-0.4, -0.2) is 80.6 Å². The maximum atomic E-state index is 12.6. The normalized spacial score (nSPS) is 21.9. The Morgan fingerprint density at radius 2 is 1.54 bits per heavy atom. The van der Waals surface area contributed by atoms with Gasteiger partial charge in [-0.05, 0) is 37.3 Å². The second kappa shape index (κ2) is 9.31. The van der Waals surface area contributed by atoms with Gasteiger partial charge in [0.1, 0.15) is 0 Å². The molecule has 26 heavy (non-hydrogen) atoms. The van der Waals surface area contributed by atoms with Gasteiger partial charge >= 0.3 is 0 Å². The number of likely N-dealkylation sites (N-methyl/N-ethyl adjacent to an activating group) is 1. The molecule has 0 radical (unpaired) electrons. The molecular formula is C20H33N3O2S. The van der Waals surface area contributed by atoms with Crippen LogP contribution < -0.4 is 0 Å². The first-order chi connectivity index (χ1) is 12.6. The van der Waals surface area contributed by atoms with Crippen LogP contribution in [0.5, 0.6) is 0 Å². The summed E-state index contributed by atoms with van der Waals surface area (Å²) in [6.45, 7) is 10.5. The highest BCUT2D eigenvalue weighted by Gasteiger charge is 2.29. The highest BCUT2D eigenvalue weighted by molar-refractivity contribution is 7.89. The summed E-state index contributed by atoms with van der Waals surface area (Å²) in [5.41, 5.74) is 1.09. The summed E-state index contributed by atoms with van der Waals surface area (Å²) < 4.78 is 27.0. The number of piperidine rings is 1. The van der Waals surface area contributed by atoms with Crippen molar-refractivity contribution in [3.63, 3.8) is 0 Å². The lowest BCUT2D eigenvalue weighted by Gasteiger charge is -2.38. The van der Waals surface area contributed by atoms with E-state index >= 15 is 0 Å². The second-order valence-corrected chi connectivity index (χ2v) is 9.72. The molecule has 0 amide bonds. The van der Waals surface area contributed by atoms with Gasteiger partial charge in [-0.3, -0.25) is 0 Å². The predicted molar refractivity (Wildman–Crippen MR) is 107 cm³/mol. The van der Waals surface area contributed by atoms with Crippen LogP contribution in [-0.2, 0) is 16.4 Å². The Labute approximate surface area is 159 Å². The van der Waals surface area contributed by atoms with Crippen LogP contribution in [0.2, 0.25) is 0 Å². The van der Waals surface area contributed by atoms with Crippen molar-refractivity contribution in [2.24, 2.45) is 5.92 Å². The van der Waals surface area contributed by atoms with Crippen LogP contribution in [0, 0.1) is 5.92 Å². The lowest BCUT2D eigenvalue weighted by atomic mass is 9.97. The van der Waals surface area contributed by atoms with Crippen LogP contribution in [0.4, 0.5) is 0 Å². The molecule has 3 rings (SSSR count). The molecule has 2 fully saturated rings. The number of nitrogens with zero attached hydrogens (tertiary/aromatic N) is 3. The van der Waals surface area contributed by atoms with E-state index in [0.29, 0.717) is 25.4 Å². The smallest absolute Gasteiger partial charge is 0.214 e. The van der Waals surface area contributed by atoms with Crippen molar-refractivity contribution in [1.29, 1.82) is 0 Å². The molecule has 2 heterocycles. The highest BCUT2D eigenvalue weighted by atomic mass is 32.2. The highest BCUT2D eigenvalue weighted by Crippen LogP contribution is 2.22. The monoisotopic (exact) mass is 379 g/mol. The molecule has 6 heteroatoms. The van der Waals surface area contributed by atoms with Crippen LogP contribution >= 0.6 is 0 Å². The molecule has 0 unspecified atom stereocenters. The summed E-state index contributed by atoms with van der Waals surface area (Å²) in [7, 11) is -3.14. The SMILES string of the molecule is CCN1CCN(CC2CCN(S(=O)(=O)CCc3ccccc3)CC2)CC1. The molecule has 0 aromatic heterocycles. The van der Waals surface area contributed by atoms with E-state index in [1.807, 2.05) is 30.3 Å². The van der Waals surface area contributed by atoms with Gasteiger partial charge in [-0.15, -0.1) is 0 Å². The number of aryl methyl sites for hydroxylation is 1. The number of piperazine rings is 1. The van der Waals surface area contributed by atoms with Gasteiger partial charge in [0, 0.05) is 45.8 Å². The largest absolute Gasteiger partial charge is 0.301 e. The van der Waals surface area contributed by atoms with Gasteiger partial charge in [0.15, 0.2) is 0 Å². The average Bonchev–Trinajstić information content (AvgIpc) is 2.68. The van der Waals surface area contributed by atoms with Gasteiger partial charge in [-0.1, -0.05) is 37.3 Å². The lowest BCUT2D eigenvalue weighted by Crippen LogP contribution is -2.49. The van der Waals surface area contributed by atoms with Gasteiger partial charge in [-0.2, -0.15) is 0 Å². The Hall–Kier alpha value is -0.950. The third-order valence-corrected chi connectivity index (χ3v) is 7.76. The minimum atomic E-state index is -3.14. The third kappa shape index (κ3) is 5.52. The Balaban J connectivity index is 1.41. The van der Waals surface area contributed by atoms with Gasteiger partial charge in [0.2, 0.25) is 10.0 Å². The van der Waals surface area contributed by atoms with Crippen molar-refractivity contribution in [3.8, 4) is 0 Å². The molecule has 1 aromatic rings. The van der Waals surface area contributed by atoms with E-state index in [1.165, 1.54) is 13.1 Å². The number of benzene rings is 1. The van der Waals surface area contributed by atoms with Crippen molar-refractivity contribution in [2.75, 3.05) is 58.1 Å². The van der Waals surface area contributed by atoms with E-state index in [9.17, 15) is 8.42 Å². The maximum absolute atomic E-state index is 12.6. The van der Waals surface area contributed by atoms with E-state index in [1.54, 1.807) is 4.31 Å². The zero-order valence-electron chi connectivity index (χ0n) is 16.0. The molecule has 2 aliphatic rings. The third-order valence-electron chi connectivity index (χ3n) is 5.89. The zero-order valence-corrected chi connectivity index (χ0v) is 16.8. The van der Waals surface area contributed by atoms with Crippen molar-refractivity contribution < 1.29 is 8.42 Å². The topological polar surface area (TPSA) is 43.9 Å². The van der Waals surface area contributed by atoms with Gasteiger partial charge in [0.25, 0.3) is 0 Å². The number of rotatable bonds is 7. The van der Waals surface area contributed by atoms with E-state index in [4.69, 9.17) is 0 Å². The molecule has 0 bridgehead atoms. The molecule has 1 aromatic carbocycles. The summed E-state index contributed by atoms with van der Waals surface area (Å²) in [5, 5.41) is 0. The summed E-state index contributed by atoms with van der Waals surface area (Å²) in [6, 6.07) is 9.90. The first kappa shape index (κ1) is 19.8. The molecule has 0 spiro atoms. The number of hydrogen-bond acceptors (Lipinski definition) is 4. The van der Waals surface area contributed by atoms with Crippen LogP contribution in [0.1, 0.15) is 25.3 Å². The van der Waals surface area contributed by atoms with E-state index in [-0.39, 0.29) is 5.75 Å². The van der Waals surface area contributed by atoms with Crippen molar-refractivity contribution in [2.45, 2.75) is 26.2 Å². The summed E-state index contributed by atoms with van der Waals surface area (Å²) >= 11 is 0. The van der Waals surface area contributed by atoms with E-state index < -0.39 is 10.0 Å². The first-order valence-electron chi connectivity index (χ1n) is 10.0. The average molecular weight is 380 g/mol.